The Kier molecular flexibility index (Phi) is 5.87. The van der Waals surface area contributed by atoms with Gasteiger partial charge in [-0.2, -0.15) is 0 Å². The smallest absolute Gasteiger partial charge is 0.240 e. The number of nitrogens with zero attached hydrogens (tertiary/aromatic N) is 3. The highest BCUT2D eigenvalue weighted by Gasteiger charge is 2.20. The Balaban J connectivity index is 1.26. The van der Waals surface area contributed by atoms with Gasteiger partial charge in [-0.05, 0) is 29.8 Å². The third kappa shape index (κ3) is 4.67. The standard InChI is InChI=1S/C20H20ClFN4OS/c21-16-11-15(22)6-5-14(16)12-25-7-9-26(10-8-25)13-19(27)24-20-23-17-3-1-2-4-18(17)28-20/h1-6,11H,7-10,12-13H2,(H,23,24,27). The first-order valence-electron chi connectivity index (χ1n) is 9.11. The van der Waals surface area contributed by atoms with Crippen LogP contribution in [-0.2, 0) is 11.3 Å². The molecular formula is C20H20ClFN4OS. The maximum atomic E-state index is 13.2. The second-order valence-corrected chi connectivity index (χ2v) is 8.26. The number of hydrogen-bond donors (Lipinski definition) is 1. The second kappa shape index (κ2) is 8.53. The van der Waals surface area contributed by atoms with E-state index >= 15 is 0 Å². The van der Waals surface area contributed by atoms with Gasteiger partial charge >= 0.3 is 0 Å². The first-order valence-corrected chi connectivity index (χ1v) is 10.3. The predicted octanol–water partition coefficient (Wildman–Crippen LogP) is 3.85. The minimum Gasteiger partial charge on any atom is -0.301 e. The summed E-state index contributed by atoms with van der Waals surface area (Å²) in [6.45, 7) is 4.30. The number of carbonyl (C=O) groups is 1. The van der Waals surface area contributed by atoms with Gasteiger partial charge in [0.05, 0.1) is 16.8 Å². The monoisotopic (exact) mass is 418 g/mol. The number of nitrogens with one attached hydrogen (secondary N) is 1. The van der Waals surface area contributed by atoms with E-state index in [4.69, 9.17) is 11.6 Å². The van der Waals surface area contributed by atoms with Crippen molar-refractivity contribution in [3.05, 3.63) is 58.9 Å². The van der Waals surface area contributed by atoms with Crippen LogP contribution in [0.2, 0.25) is 5.02 Å². The van der Waals surface area contributed by atoms with E-state index in [1.54, 1.807) is 6.07 Å². The van der Waals surface area contributed by atoms with Gasteiger partial charge in [-0.25, -0.2) is 9.37 Å². The van der Waals surface area contributed by atoms with Gasteiger partial charge in [-0.15, -0.1) is 0 Å². The fraction of sp³-hybridized carbons (Fsp3) is 0.300. The molecule has 1 saturated heterocycles. The number of carbonyl (C=O) groups excluding carboxylic acids is 1. The Hall–Kier alpha value is -2.06. The molecule has 0 radical (unpaired) electrons. The third-order valence-electron chi connectivity index (χ3n) is 4.78. The Morgan fingerprint density at radius 3 is 2.64 bits per heavy atom. The van der Waals surface area contributed by atoms with E-state index in [0.29, 0.717) is 23.2 Å². The molecule has 0 aliphatic carbocycles. The summed E-state index contributed by atoms with van der Waals surface area (Å²) in [5.74, 6) is -0.369. The largest absolute Gasteiger partial charge is 0.301 e. The maximum Gasteiger partial charge on any atom is 0.240 e. The van der Waals surface area contributed by atoms with Crippen LogP contribution in [0.5, 0.6) is 0 Å². The highest BCUT2D eigenvalue weighted by atomic mass is 35.5. The van der Waals surface area contributed by atoms with Crippen LogP contribution in [0.25, 0.3) is 10.2 Å². The number of thiazole rings is 1. The number of benzene rings is 2. The van der Waals surface area contributed by atoms with Gasteiger partial charge in [0.15, 0.2) is 5.13 Å². The van der Waals surface area contributed by atoms with E-state index in [9.17, 15) is 9.18 Å². The Labute approximate surface area is 171 Å². The molecule has 0 saturated carbocycles. The molecule has 28 heavy (non-hydrogen) atoms. The number of para-hydroxylation sites is 1. The minimum atomic E-state index is -0.322. The normalized spacial score (nSPS) is 15.8. The van der Waals surface area contributed by atoms with Gasteiger partial charge in [0.25, 0.3) is 0 Å². The van der Waals surface area contributed by atoms with Crippen LogP contribution < -0.4 is 5.32 Å². The molecular weight excluding hydrogens is 399 g/mol. The Bertz CT molecular complexity index is 954. The number of hydrogen-bond acceptors (Lipinski definition) is 5. The van der Waals surface area contributed by atoms with Crippen molar-refractivity contribution in [2.45, 2.75) is 6.54 Å². The number of aromatic nitrogens is 1. The SMILES string of the molecule is O=C(CN1CCN(Cc2ccc(F)cc2Cl)CC1)Nc1nc2ccccc2s1. The lowest BCUT2D eigenvalue weighted by molar-refractivity contribution is -0.117. The van der Waals surface area contributed by atoms with Crippen LogP contribution in [0.4, 0.5) is 9.52 Å². The molecule has 1 aliphatic rings. The van der Waals surface area contributed by atoms with Gasteiger partial charge in [0, 0.05) is 37.7 Å². The molecule has 8 heteroatoms. The highest BCUT2D eigenvalue weighted by Crippen LogP contribution is 2.25. The van der Waals surface area contributed by atoms with Gasteiger partial charge < -0.3 is 5.32 Å². The van der Waals surface area contributed by atoms with E-state index in [2.05, 4.69) is 20.1 Å². The number of amides is 1. The number of fused-ring (bicyclic) bond motifs is 1. The molecule has 0 bridgehead atoms. The van der Waals surface area contributed by atoms with Gasteiger partial charge in [0.2, 0.25) is 5.91 Å². The van der Waals surface area contributed by atoms with E-state index < -0.39 is 0 Å². The zero-order chi connectivity index (χ0) is 19.5. The van der Waals surface area contributed by atoms with Crippen molar-refractivity contribution in [1.82, 2.24) is 14.8 Å². The van der Waals surface area contributed by atoms with Crippen LogP contribution in [0.3, 0.4) is 0 Å². The molecule has 0 spiro atoms. The number of rotatable bonds is 5. The van der Waals surface area contributed by atoms with Gasteiger partial charge in [-0.3, -0.25) is 14.6 Å². The van der Waals surface area contributed by atoms with E-state index in [1.807, 2.05) is 24.3 Å². The molecule has 4 rings (SSSR count). The lowest BCUT2D eigenvalue weighted by Gasteiger charge is -2.34. The van der Waals surface area contributed by atoms with E-state index in [-0.39, 0.29) is 11.7 Å². The summed E-state index contributed by atoms with van der Waals surface area (Å²) in [5, 5.41) is 3.99. The van der Waals surface area contributed by atoms with Crippen molar-refractivity contribution in [2.24, 2.45) is 0 Å². The number of piperazine rings is 1. The quantitative estimate of drug-likeness (QED) is 0.683. The highest BCUT2D eigenvalue weighted by molar-refractivity contribution is 7.22. The second-order valence-electron chi connectivity index (χ2n) is 6.82. The summed E-state index contributed by atoms with van der Waals surface area (Å²) in [4.78, 5) is 21.2. The van der Waals surface area contributed by atoms with Crippen molar-refractivity contribution < 1.29 is 9.18 Å². The molecule has 1 aliphatic heterocycles. The predicted molar refractivity (Wildman–Crippen MR) is 111 cm³/mol. The summed E-state index contributed by atoms with van der Waals surface area (Å²) in [5.41, 5.74) is 1.82. The first kappa shape index (κ1) is 19.3. The van der Waals surface area contributed by atoms with Gasteiger partial charge in [-0.1, -0.05) is 41.1 Å². The molecule has 2 aromatic carbocycles. The van der Waals surface area contributed by atoms with E-state index in [0.717, 1.165) is 42.0 Å². The molecule has 1 aromatic heterocycles. The summed E-state index contributed by atoms with van der Waals surface area (Å²) in [6.07, 6.45) is 0. The molecule has 5 nitrogen and oxygen atoms in total. The van der Waals surface area contributed by atoms with Crippen LogP contribution in [0, 0.1) is 5.82 Å². The fourth-order valence-corrected chi connectivity index (χ4v) is 4.39. The third-order valence-corrected chi connectivity index (χ3v) is 6.09. The van der Waals surface area contributed by atoms with Crippen LogP contribution >= 0.6 is 22.9 Å². The van der Waals surface area contributed by atoms with Crippen LogP contribution in [0.1, 0.15) is 5.56 Å². The summed E-state index contributed by atoms with van der Waals surface area (Å²) >= 11 is 7.60. The molecule has 1 amide bonds. The topological polar surface area (TPSA) is 48.5 Å². The zero-order valence-electron chi connectivity index (χ0n) is 15.2. The lowest BCUT2D eigenvalue weighted by atomic mass is 10.2. The molecule has 1 fully saturated rings. The lowest BCUT2D eigenvalue weighted by Crippen LogP contribution is -2.48. The molecule has 3 aromatic rings. The number of anilines is 1. The zero-order valence-corrected chi connectivity index (χ0v) is 16.8. The summed E-state index contributed by atoms with van der Waals surface area (Å²) in [7, 11) is 0. The van der Waals surface area contributed by atoms with E-state index in [1.165, 1.54) is 23.5 Å². The molecule has 2 heterocycles. The fourth-order valence-electron chi connectivity index (χ4n) is 3.28. The van der Waals surface area contributed by atoms with Crippen molar-refractivity contribution in [1.29, 1.82) is 0 Å². The first-order chi connectivity index (χ1) is 13.6. The summed E-state index contributed by atoms with van der Waals surface area (Å²) in [6, 6.07) is 12.3. The van der Waals surface area contributed by atoms with Crippen molar-refractivity contribution >= 4 is 44.2 Å². The maximum absolute atomic E-state index is 13.2. The molecule has 0 atom stereocenters. The Morgan fingerprint density at radius 1 is 1.14 bits per heavy atom. The van der Waals surface area contributed by atoms with Crippen LogP contribution in [-0.4, -0.2) is 53.4 Å². The van der Waals surface area contributed by atoms with Crippen molar-refractivity contribution in [3.63, 3.8) is 0 Å². The summed E-state index contributed by atoms with van der Waals surface area (Å²) < 4.78 is 14.2. The van der Waals surface area contributed by atoms with Gasteiger partial charge in [0.1, 0.15) is 5.82 Å². The van der Waals surface area contributed by atoms with Crippen molar-refractivity contribution in [3.8, 4) is 0 Å². The average molecular weight is 419 g/mol. The van der Waals surface area contributed by atoms with Crippen molar-refractivity contribution in [2.75, 3.05) is 38.0 Å². The molecule has 1 N–H and O–H groups in total. The Morgan fingerprint density at radius 2 is 1.89 bits per heavy atom. The molecule has 0 unspecified atom stereocenters. The number of halogens is 2. The minimum absolute atomic E-state index is 0.0471. The van der Waals surface area contributed by atoms with Crippen LogP contribution in [0.15, 0.2) is 42.5 Å². The molecule has 146 valence electrons. The average Bonchev–Trinajstić information content (AvgIpc) is 3.07.